The predicted octanol–water partition coefficient (Wildman–Crippen LogP) is 4.60. The van der Waals surface area contributed by atoms with Crippen molar-refractivity contribution in [3.8, 4) is 17.2 Å². The maximum atomic E-state index is 12.0. The minimum Gasteiger partial charge on any atom is -0.507 e. The summed E-state index contributed by atoms with van der Waals surface area (Å²) in [6, 6.07) is 21.1. The van der Waals surface area contributed by atoms with Crippen LogP contribution in [0.1, 0.15) is 40.9 Å². The van der Waals surface area contributed by atoms with Crippen LogP contribution < -0.4 is 14.4 Å². The van der Waals surface area contributed by atoms with Crippen molar-refractivity contribution in [2.24, 2.45) is 0 Å². The monoisotopic (exact) mass is 474 g/mol. The highest BCUT2D eigenvalue weighted by Crippen LogP contribution is 2.45. The second-order valence-electron chi connectivity index (χ2n) is 8.81. The van der Waals surface area contributed by atoms with Crippen molar-refractivity contribution in [1.82, 2.24) is 4.90 Å². The number of phenolic OH excluding ortho intramolecular Hbond substituents is 1. The summed E-state index contributed by atoms with van der Waals surface area (Å²) in [5.41, 5.74) is 3.43. The average molecular weight is 475 g/mol. The summed E-state index contributed by atoms with van der Waals surface area (Å²) < 4.78 is 16.6. The Hall–Kier alpha value is -3.71. The summed E-state index contributed by atoms with van der Waals surface area (Å²) in [5, 5.41) is 11.1. The predicted molar refractivity (Wildman–Crippen MR) is 133 cm³/mol. The third-order valence-corrected chi connectivity index (χ3v) is 6.69. The number of ether oxygens (including phenoxy) is 3. The molecule has 2 atom stereocenters. The molecule has 0 aliphatic carbocycles. The summed E-state index contributed by atoms with van der Waals surface area (Å²) in [7, 11) is 1.37. The van der Waals surface area contributed by atoms with Gasteiger partial charge >= 0.3 is 5.97 Å². The van der Waals surface area contributed by atoms with Gasteiger partial charge in [-0.1, -0.05) is 37.3 Å². The quantitative estimate of drug-likeness (QED) is 0.524. The highest BCUT2D eigenvalue weighted by Gasteiger charge is 2.32. The van der Waals surface area contributed by atoms with Crippen LogP contribution in [0.2, 0.25) is 0 Å². The normalized spacial score (nSPS) is 18.3. The molecule has 0 amide bonds. The first-order valence-electron chi connectivity index (χ1n) is 12.0. The van der Waals surface area contributed by atoms with Crippen molar-refractivity contribution in [2.75, 3.05) is 38.2 Å². The number of piperazine rings is 1. The third kappa shape index (κ3) is 4.64. The molecule has 3 aromatic carbocycles. The van der Waals surface area contributed by atoms with E-state index in [0.29, 0.717) is 23.5 Å². The van der Waals surface area contributed by atoms with E-state index in [-0.39, 0.29) is 24.1 Å². The number of esters is 1. The van der Waals surface area contributed by atoms with Crippen molar-refractivity contribution < 1.29 is 24.1 Å². The Bertz CT molecular complexity index is 1170. The number of anilines is 1. The lowest BCUT2D eigenvalue weighted by molar-refractivity contribution is 0.0464. The molecule has 1 unspecified atom stereocenters. The molecule has 0 spiro atoms. The fraction of sp³-hybridized carbons (Fsp3) is 0.321. The SMILES string of the molecule is CC[C@H]1Oc2cc(O)c(C(c3ccc(C(=O)OC)cc3)N3CCN(c4ccccc4)CC3)cc2O1. The minimum absolute atomic E-state index is 0.164. The number of fused-ring (bicyclic) bond motifs is 1. The van der Waals surface area contributed by atoms with Gasteiger partial charge in [0.2, 0.25) is 6.29 Å². The molecule has 5 rings (SSSR count). The van der Waals surface area contributed by atoms with Gasteiger partial charge in [0.15, 0.2) is 11.5 Å². The molecule has 2 heterocycles. The van der Waals surface area contributed by atoms with Crippen LogP contribution in [-0.4, -0.2) is 55.6 Å². The largest absolute Gasteiger partial charge is 0.507 e. The highest BCUT2D eigenvalue weighted by atomic mass is 16.7. The zero-order valence-electron chi connectivity index (χ0n) is 20.0. The molecule has 182 valence electrons. The van der Waals surface area contributed by atoms with Crippen molar-refractivity contribution in [3.05, 3.63) is 83.4 Å². The Labute approximate surface area is 205 Å². The summed E-state index contributed by atoms with van der Waals surface area (Å²) in [6.07, 6.45) is 0.372. The lowest BCUT2D eigenvalue weighted by Crippen LogP contribution is -2.48. The van der Waals surface area contributed by atoms with Gasteiger partial charge in [0.25, 0.3) is 0 Å². The molecule has 0 bridgehead atoms. The summed E-state index contributed by atoms with van der Waals surface area (Å²) in [4.78, 5) is 16.7. The summed E-state index contributed by atoms with van der Waals surface area (Å²) in [5.74, 6) is 0.994. The van der Waals surface area contributed by atoms with Gasteiger partial charge in [-0.3, -0.25) is 4.90 Å². The standard InChI is InChI=1S/C28H30N2O5/c1-3-26-34-24-17-22(23(31)18-25(24)35-26)27(19-9-11-20(12-10-19)28(32)33-2)30-15-13-29(14-16-30)21-7-5-4-6-8-21/h4-12,17-18,26-27,31H,3,13-16H2,1-2H3/t26-,27?/m1/s1. The van der Waals surface area contributed by atoms with Crippen molar-refractivity contribution in [2.45, 2.75) is 25.7 Å². The van der Waals surface area contributed by atoms with E-state index in [0.717, 1.165) is 37.3 Å². The van der Waals surface area contributed by atoms with E-state index >= 15 is 0 Å². The van der Waals surface area contributed by atoms with Gasteiger partial charge in [-0.25, -0.2) is 4.79 Å². The van der Waals surface area contributed by atoms with Crippen LogP contribution in [0.3, 0.4) is 0 Å². The van der Waals surface area contributed by atoms with E-state index in [1.54, 1.807) is 18.2 Å². The van der Waals surface area contributed by atoms with E-state index < -0.39 is 0 Å². The number of rotatable bonds is 6. The number of hydrogen-bond donors (Lipinski definition) is 1. The van der Waals surface area contributed by atoms with Gasteiger partial charge in [0.05, 0.1) is 18.7 Å². The Morgan fingerprint density at radius 2 is 1.66 bits per heavy atom. The molecule has 1 N–H and O–H groups in total. The lowest BCUT2D eigenvalue weighted by Gasteiger charge is -2.40. The van der Waals surface area contributed by atoms with E-state index in [9.17, 15) is 9.90 Å². The highest BCUT2D eigenvalue weighted by molar-refractivity contribution is 5.89. The van der Waals surface area contributed by atoms with Gasteiger partial charge in [0, 0.05) is 49.9 Å². The number of methoxy groups -OCH3 is 1. The molecule has 35 heavy (non-hydrogen) atoms. The van der Waals surface area contributed by atoms with Gasteiger partial charge in [-0.2, -0.15) is 0 Å². The molecule has 2 aliphatic heterocycles. The van der Waals surface area contributed by atoms with Crippen molar-refractivity contribution in [3.63, 3.8) is 0 Å². The number of nitrogens with zero attached hydrogens (tertiary/aromatic N) is 2. The van der Waals surface area contributed by atoms with E-state index in [1.807, 2.05) is 31.2 Å². The topological polar surface area (TPSA) is 71.5 Å². The molecule has 1 saturated heterocycles. The zero-order chi connectivity index (χ0) is 24.4. The molecule has 2 aliphatic rings. The minimum atomic E-state index is -0.374. The van der Waals surface area contributed by atoms with Crippen LogP contribution in [0, 0.1) is 0 Å². The molecule has 7 heteroatoms. The van der Waals surface area contributed by atoms with Gasteiger partial charge in [-0.15, -0.1) is 0 Å². The Morgan fingerprint density at radius 1 is 1.00 bits per heavy atom. The number of benzene rings is 3. The maximum absolute atomic E-state index is 12.0. The van der Waals surface area contributed by atoms with Crippen LogP contribution in [0.25, 0.3) is 0 Å². The van der Waals surface area contributed by atoms with Gasteiger partial charge in [0.1, 0.15) is 5.75 Å². The van der Waals surface area contributed by atoms with Crippen LogP contribution in [0.5, 0.6) is 17.2 Å². The molecule has 1 fully saturated rings. The number of aromatic hydroxyl groups is 1. The Morgan fingerprint density at radius 3 is 2.29 bits per heavy atom. The fourth-order valence-electron chi connectivity index (χ4n) is 4.83. The number of carbonyl (C=O) groups is 1. The molecule has 7 nitrogen and oxygen atoms in total. The van der Waals surface area contributed by atoms with E-state index in [2.05, 4.69) is 34.1 Å². The second kappa shape index (κ2) is 9.88. The molecule has 0 saturated carbocycles. The van der Waals surface area contributed by atoms with E-state index in [4.69, 9.17) is 14.2 Å². The zero-order valence-corrected chi connectivity index (χ0v) is 20.0. The number of carbonyl (C=O) groups excluding carboxylic acids is 1. The number of para-hydroxylation sites is 1. The first kappa shape index (κ1) is 23.1. The summed E-state index contributed by atoms with van der Waals surface area (Å²) in [6.45, 7) is 5.34. The van der Waals surface area contributed by atoms with Crippen LogP contribution in [-0.2, 0) is 4.74 Å². The molecule has 3 aromatic rings. The summed E-state index contributed by atoms with van der Waals surface area (Å²) >= 11 is 0. The van der Waals surface area contributed by atoms with Gasteiger partial charge < -0.3 is 24.2 Å². The lowest BCUT2D eigenvalue weighted by atomic mass is 9.94. The fourth-order valence-corrected chi connectivity index (χ4v) is 4.83. The first-order chi connectivity index (χ1) is 17.1. The molecule has 0 aromatic heterocycles. The maximum Gasteiger partial charge on any atom is 0.337 e. The third-order valence-electron chi connectivity index (χ3n) is 6.69. The molecular weight excluding hydrogens is 444 g/mol. The Kier molecular flexibility index (Phi) is 6.51. The molecule has 0 radical (unpaired) electrons. The number of hydrogen-bond acceptors (Lipinski definition) is 7. The average Bonchev–Trinajstić information content (AvgIpc) is 3.31. The Balaban J connectivity index is 1.47. The van der Waals surface area contributed by atoms with Gasteiger partial charge in [-0.05, 0) is 35.9 Å². The second-order valence-corrected chi connectivity index (χ2v) is 8.81. The first-order valence-corrected chi connectivity index (χ1v) is 12.0. The van der Waals surface area contributed by atoms with E-state index in [1.165, 1.54) is 12.8 Å². The van der Waals surface area contributed by atoms with Crippen molar-refractivity contribution in [1.29, 1.82) is 0 Å². The van der Waals surface area contributed by atoms with Crippen LogP contribution >= 0.6 is 0 Å². The number of phenols is 1. The van der Waals surface area contributed by atoms with Crippen molar-refractivity contribution >= 4 is 11.7 Å². The van der Waals surface area contributed by atoms with Crippen LogP contribution in [0.4, 0.5) is 5.69 Å². The van der Waals surface area contributed by atoms with Crippen LogP contribution in [0.15, 0.2) is 66.7 Å². The molecular formula is C28H30N2O5. The smallest absolute Gasteiger partial charge is 0.337 e.